The summed E-state index contributed by atoms with van der Waals surface area (Å²) in [6.07, 6.45) is 0.280. The molecule has 8 nitrogen and oxygen atoms in total. The van der Waals surface area contributed by atoms with E-state index in [0.29, 0.717) is 13.0 Å². The number of esters is 1. The summed E-state index contributed by atoms with van der Waals surface area (Å²) in [5.41, 5.74) is 4.37. The van der Waals surface area contributed by atoms with E-state index in [1.807, 2.05) is 13.8 Å². The molecule has 4 rings (SSSR count). The molecule has 0 spiro atoms. The molecule has 0 aromatic heterocycles. The number of halogens is 4. The number of nitrogens with one attached hydrogen (secondary N) is 2. The molecular formula is C30H37Cl2F2N3O5. The number of ether oxygens (including phenoxy) is 3. The summed E-state index contributed by atoms with van der Waals surface area (Å²) >= 11 is 12.2. The smallest absolute Gasteiger partial charge is 0.311 e. The van der Waals surface area contributed by atoms with E-state index in [1.165, 1.54) is 31.4 Å². The van der Waals surface area contributed by atoms with Gasteiger partial charge in [-0.15, -0.1) is 0 Å². The molecule has 42 heavy (non-hydrogen) atoms. The number of carbonyl (C=O) groups is 2. The quantitative estimate of drug-likeness (QED) is 0.343. The van der Waals surface area contributed by atoms with Crippen molar-refractivity contribution in [3.05, 3.63) is 69.2 Å². The first-order chi connectivity index (χ1) is 19.6. The van der Waals surface area contributed by atoms with Crippen molar-refractivity contribution in [2.45, 2.75) is 76.0 Å². The topological polar surface area (TPSA) is 112 Å². The van der Waals surface area contributed by atoms with Crippen molar-refractivity contribution in [1.82, 2.24) is 10.6 Å². The molecule has 12 heteroatoms. The van der Waals surface area contributed by atoms with Gasteiger partial charge in [-0.3, -0.25) is 9.59 Å². The molecule has 0 bridgehead atoms. The van der Waals surface area contributed by atoms with Gasteiger partial charge in [0.1, 0.15) is 11.6 Å². The molecule has 230 valence electrons. The van der Waals surface area contributed by atoms with E-state index in [9.17, 15) is 9.59 Å². The van der Waals surface area contributed by atoms with Crippen LogP contribution in [0.15, 0.2) is 36.4 Å². The van der Waals surface area contributed by atoms with E-state index < -0.39 is 58.3 Å². The van der Waals surface area contributed by atoms with Gasteiger partial charge in [-0.2, -0.15) is 0 Å². The normalized spacial score (nSPS) is 27.2. The van der Waals surface area contributed by atoms with Crippen molar-refractivity contribution in [2.75, 3.05) is 20.3 Å². The average molecular weight is 629 g/mol. The van der Waals surface area contributed by atoms with Crippen LogP contribution in [0.25, 0.3) is 0 Å². The van der Waals surface area contributed by atoms with Crippen molar-refractivity contribution >= 4 is 35.1 Å². The molecule has 2 aromatic rings. The first kappa shape index (κ1) is 32.6. The standard InChI is InChI=1S/C30H37Cl2F2N3O5/c1-28(2,27(39)40-5)14-22-30(35,19-10-9-16(31)13-21(19)33)23(18-7-6-8-20(32)24(18)34)25(37-22)26(38)36-12-11-17-15-41-29(3,4)42-17/h6-10,13,17,22-23,25,37H,11-12,14-15,35H2,1-5H3,(H,36,38). The van der Waals surface area contributed by atoms with Crippen LogP contribution in [-0.2, 0) is 29.3 Å². The minimum Gasteiger partial charge on any atom is -0.469 e. The lowest BCUT2D eigenvalue weighted by Crippen LogP contribution is -2.53. The van der Waals surface area contributed by atoms with E-state index in [0.717, 1.165) is 6.07 Å². The zero-order valence-electron chi connectivity index (χ0n) is 24.2. The second-order valence-corrected chi connectivity index (χ2v) is 12.8. The minimum absolute atomic E-state index is 0.00322. The van der Waals surface area contributed by atoms with Crippen LogP contribution in [-0.4, -0.2) is 56.1 Å². The molecule has 0 saturated carbocycles. The fourth-order valence-electron chi connectivity index (χ4n) is 6.03. The fourth-order valence-corrected chi connectivity index (χ4v) is 6.37. The third-order valence-corrected chi connectivity index (χ3v) is 8.61. The van der Waals surface area contributed by atoms with Crippen LogP contribution in [0.3, 0.4) is 0 Å². The monoisotopic (exact) mass is 627 g/mol. The van der Waals surface area contributed by atoms with Gasteiger partial charge in [-0.25, -0.2) is 8.78 Å². The van der Waals surface area contributed by atoms with Crippen LogP contribution in [0.4, 0.5) is 8.78 Å². The molecule has 2 aromatic carbocycles. The number of amides is 1. The molecular weight excluding hydrogens is 591 g/mol. The maximum Gasteiger partial charge on any atom is 0.311 e. The van der Waals surface area contributed by atoms with Crippen LogP contribution >= 0.6 is 23.2 Å². The maximum absolute atomic E-state index is 15.7. The Morgan fingerprint density at radius 1 is 1.21 bits per heavy atom. The van der Waals surface area contributed by atoms with Crippen LogP contribution in [0.2, 0.25) is 10.0 Å². The maximum atomic E-state index is 15.7. The van der Waals surface area contributed by atoms with E-state index in [-0.39, 0.29) is 40.2 Å². The Kier molecular flexibility index (Phi) is 9.57. The van der Waals surface area contributed by atoms with Gasteiger partial charge in [-0.05, 0) is 64.3 Å². The summed E-state index contributed by atoms with van der Waals surface area (Å²) in [5.74, 6) is -4.38. The zero-order chi connectivity index (χ0) is 31.0. The van der Waals surface area contributed by atoms with Crippen molar-refractivity contribution in [1.29, 1.82) is 0 Å². The highest BCUT2D eigenvalue weighted by Crippen LogP contribution is 2.50. The van der Waals surface area contributed by atoms with Crippen molar-refractivity contribution < 1.29 is 32.6 Å². The number of benzene rings is 2. The molecule has 0 aliphatic carbocycles. The zero-order valence-corrected chi connectivity index (χ0v) is 25.7. The Bertz CT molecular complexity index is 1340. The van der Waals surface area contributed by atoms with E-state index in [2.05, 4.69) is 10.6 Å². The summed E-state index contributed by atoms with van der Waals surface area (Å²) in [7, 11) is 1.27. The summed E-state index contributed by atoms with van der Waals surface area (Å²) in [5, 5.41) is 6.08. The van der Waals surface area contributed by atoms with Gasteiger partial charge < -0.3 is 30.6 Å². The number of rotatable bonds is 9. The summed E-state index contributed by atoms with van der Waals surface area (Å²) in [6, 6.07) is 6.37. The van der Waals surface area contributed by atoms with Crippen LogP contribution in [0.1, 0.15) is 57.6 Å². The van der Waals surface area contributed by atoms with E-state index in [1.54, 1.807) is 19.9 Å². The predicted molar refractivity (Wildman–Crippen MR) is 155 cm³/mol. The third-order valence-electron chi connectivity index (χ3n) is 8.09. The molecule has 2 aliphatic heterocycles. The van der Waals surface area contributed by atoms with Gasteiger partial charge in [0, 0.05) is 29.1 Å². The number of hydrogen-bond acceptors (Lipinski definition) is 7. The second kappa shape index (κ2) is 12.3. The van der Waals surface area contributed by atoms with E-state index >= 15 is 8.78 Å². The Morgan fingerprint density at radius 2 is 1.93 bits per heavy atom. The summed E-state index contributed by atoms with van der Waals surface area (Å²) in [6.45, 7) is 7.56. The molecule has 2 aliphatic rings. The van der Waals surface area contributed by atoms with Gasteiger partial charge in [-0.1, -0.05) is 41.4 Å². The number of hydrogen-bond donors (Lipinski definition) is 3. The first-order valence-electron chi connectivity index (χ1n) is 13.7. The molecule has 5 atom stereocenters. The average Bonchev–Trinajstić information content (AvgIpc) is 3.40. The second-order valence-electron chi connectivity index (χ2n) is 12.0. The number of carbonyl (C=O) groups excluding carboxylic acids is 2. The molecule has 2 saturated heterocycles. The molecule has 2 heterocycles. The molecule has 0 radical (unpaired) electrons. The van der Waals surface area contributed by atoms with Crippen molar-refractivity contribution in [3.8, 4) is 0 Å². The highest BCUT2D eigenvalue weighted by Gasteiger charge is 2.59. The lowest BCUT2D eigenvalue weighted by atomic mass is 9.68. The van der Waals surface area contributed by atoms with Gasteiger partial charge in [0.15, 0.2) is 5.79 Å². The van der Waals surface area contributed by atoms with E-state index in [4.69, 9.17) is 43.1 Å². The molecule has 1 amide bonds. The van der Waals surface area contributed by atoms with Gasteiger partial charge in [0.25, 0.3) is 0 Å². The number of methoxy groups -OCH3 is 1. The Hall–Kier alpha value is -2.34. The molecule has 4 N–H and O–H groups in total. The SMILES string of the molecule is COC(=O)C(C)(C)CC1NC(C(=O)NCCC2COC(C)(C)O2)C(c2cccc(Cl)c2F)C1(N)c1ccc(Cl)cc1F. The van der Waals surface area contributed by atoms with Crippen molar-refractivity contribution in [3.63, 3.8) is 0 Å². The van der Waals surface area contributed by atoms with Crippen LogP contribution < -0.4 is 16.4 Å². The van der Waals surface area contributed by atoms with Gasteiger partial charge >= 0.3 is 5.97 Å². The number of nitrogens with two attached hydrogens (primary N) is 1. The van der Waals surface area contributed by atoms with Crippen molar-refractivity contribution in [2.24, 2.45) is 11.1 Å². The molecule has 2 fully saturated rings. The Balaban J connectivity index is 1.77. The Labute approximate surface area is 254 Å². The lowest BCUT2D eigenvalue weighted by Gasteiger charge is -2.40. The highest BCUT2D eigenvalue weighted by molar-refractivity contribution is 6.31. The third kappa shape index (κ3) is 6.44. The first-order valence-corrected chi connectivity index (χ1v) is 14.5. The molecule has 5 unspecified atom stereocenters. The van der Waals surface area contributed by atoms with Gasteiger partial charge in [0.05, 0.1) is 41.8 Å². The predicted octanol–water partition coefficient (Wildman–Crippen LogP) is 4.80. The fraction of sp³-hybridized carbons (Fsp3) is 0.533. The van der Waals surface area contributed by atoms with Crippen LogP contribution in [0.5, 0.6) is 0 Å². The minimum atomic E-state index is -1.74. The highest BCUT2D eigenvalue weighted by atomic mass is 35.5. The van der Waals surface area contributed by atoms with Crippen LogP contribution in [0, 0.1) is 17.0 Å². The summed E-state index contributed by atoms with van der Waals surface area (Å²) in [4.78, 5) is 26.5. The van der Waals surface area contributed by atoms with Gasteiger partial charge in [0.2, 0.25) is 5.91 Å². The Morgan fingerprint density at radius 3 is 2.55 bits per heavy atom. The summed E-state index contributed by atoms with van der Waals surface area (Å²) < 4.78 is 47.8. The lowest BCUT2D eigenvalue weighted by molar-refractivity contribution is -0.151. The largest absolute Gasteiger partial charge is 0.469 e.